The number of methoxy groups -OCH3 is 1. The summed E-state index contributed by atoms with van der Waals surface area (Å²) in [4.78, 5) is 39.8. The summed E-state index contributed by atoms with van der Waals surface area (Å²) in [6.07, 6.45) is 0. The molecule has 0 radical (unpaired) electrons. The predicted octanol–water partition coefficient (Wildman–Crippen LogP) is 4.27. The molecule has 0 bridgehead atoms. The minimum atomic E-state index is -1.39. The molecule has 7 nitrogen and oxygen atoms in total. The van der Waals surface area contributed by atoms with Crippen molar-refractivity contribution in [1.82, 2.24) is 14.8 Å². The van der Waals surface area contributed by atoms with Crippen LogP contribution in [0.4, 0.5) is 4.79 Å². The van der Waals surface area contributed by atoms with Crippen molar-refractivity contribution in [1.29, 1.82) is 0 Å². The normalized spacial score (nSPS) is 19.6. The number of urea groups is 1. The zero-order valence-electron chi connectivity index (χ0n) is 18.1. The van der Waals surface area contributed by atoms with E-state index >= 15 is 0 Å². The molecule has 2 aromatic rings. The molecule has 166 valence electrons. The van der Waals surface area contributed by atoms with E-state index in [1.54, 1.807) is 32.2 Å². The number of hydrogen-bond acceptors (Lipinski definition) is 4. The summed E-state index contributed by atoms with van der Waals surface area (Å²) in [5.74, 6) is -0.865. The average Bonchev–Trinajstić information content (AvgIpc) is 3.09. The Morgan fingerprint density at radius 3 is 2.52 bits per heavy atom. The lowest BCUT2D eigenvalue weighted by Gasteiger charge is -2.23. The van der Waals surface area contributed by atoms with Crippen molar-refractivity contribution in [3.63, 3.8) is 0 Å². The van der Waals surface area contributed by atoms with Gasteiger partial charge in [0.25, 0.3) is 5.91 Å². The molecule has 0 saturated carbocycles. The molecule has 1 aliphatic rings. The molecule has 9 heteroatoms. The number of Topliss-reactive ketones (excluding diaryl/α,β-unsaturated/α-hetero) is 1. The van der Waals surface area contributed by atoms with Crippen LogP contribution in [-0.4, -0.2) is 47.4 Å². The lowest BCUT2D eigenvalue weighted by Crippen LogP contribution is -2.41. The summed E-state index contributed by atoms with van der Waals surface area (Å²) in [7, 11) is 1.62. The van der Waals surface area contributed by atoms with Crippen molar-refractivity contribution in [2.45, 2.75) is 39.3 Å². The monoisotopic (exact) mass is 465 g/mol. The number of ketones is 1. The van der Waals surface area contributed by atoms with Gasteiger partial charge >= 0.3 is 6.03 Å². The van der Waals surface area contributed by atoms with Crippen LogP contribution >= 0.6 is 23.2 Å². The second kappa shape index (κ2) is 8.65. The molecule has 2 unspecified atom stereocenters. The molecule has 1 fully saturated rings. The van der Waals surface area contributed by atoms with Gasteiger partial charge in [-0.1, -0.05) is 29.3 Å². The number of hydrogen-bond donors (Lipinski definition) is 1. The first-order chi connectivity index (χ1) is 14.5. The van der Waals surface area contributed by atoms with Crippen molar-refractivity contribution in [2.24, 2.45) is 0 Å². The molecular formula is C22H25Cl2N3O4. The van der Waals surface area contributed by atoms with Crippen LogP contribution in [0.2, 0.25) is 10.0 Å². The van der Waals surface area contributed by atoms with Crippen LogP contribution < -0.4 is 5.32 Å². The quantitative estimate of drug-likeness (QED) is 0.488. The van der Waals surface area contributed by atoms with Crippen molar-refractivity contribution in [3.8, 4) is 0 Å². The Balaban J connectivity index is 1.87. The summed E-state index contributed by atoms with van der Waals surface area (Å²) < 4.78 is 7.24. The van der Waals surface area contributed by atoms with Gasteiger partial charge in [-0.25, -0.2) is 4.79 Å². The van der Waals surface area contributed by atoms with E-state index in [0.29, 0.717) is 22.8 Å². The maximum atomic E-state index is 13.2. The second-order valence-corrected chi connectivity index (χ2v) is 8.80. The minimum absolute atomic E-state index is 0.0404. The zero-order chi connectivity index (χ0) is 23.1. The SMILES string of the molecule is COCC(C)n1c(C)cc(C(=O)CN2C(=O)NC(C)(c3ccc(Cl)cc3Cl)C2=O)c1C. The number of nitrogens with one attached hydrogen (secondary N) is 1. The summed E-state index contributed by atoms with van der Waals surface area (Å²) in [5.41, 5.74) is 1.17. The topological polar surface area (TPSA) is 80.6 Å². The Kier molecular flexibility index (Phi) is 6.51. The molecule has 1 aromatic heterocycles. The van der Waals surface area contributed by atoms with E-state index in [0.717, 1.165) is 16.3 Å². The van der Waals surface area contributed by atoms with E-state index in [2.05, 4.69) is 5.32 Å². The van der Waals surface area contributed by atoms with Gasteiger partial charge in [0.05, 0.1) is 19.2 Å². The highest BCUT2D eigenvalue weighted by Gasteiger charge is 2.50. The number of rotatable bonds is 7. The summed E-state index contributed by atoms with van der Waals surface area (Å²) in [6, 6.07) is 5.87. The summed E-state index contributed by atoms with van der Waals surface area (Å²) in [6.45, 7) is 7.44. The number of nitrogens with zero attached hydrogens (tertiary/aromatic N) is 2. The van der Waals surface area contributed by atoms with Crippen molar-refractivity contribution in [3.05, 3.63) is 56.8 Å². The molecule has 3 rings (SSSR count). The molecule has 2 atom stereocenters. The van der Waals surface area contributed by atoms with Gasteiger partial charge in [-0.15, -0.1) is 0 Å². The number of benzene rings is 1. The number of halogens is 2. The maximum Gasteiger partial charge on any atom is 0.325 e. The Morgan fingerprint density at radius 2 is 1.90 bits per heavy atom. The molecular weight excluding hydrogens is 441 g/mol. The molecule has 1 saturated heterocycles. The van der Waals surface area contributed by atoms with Gasteiger partial charge in [0.2, 0.25) is 0 Å². The van der Waals surface area contributed by atoms with E-state index in [-0.39, 0.29) is 23.4 Å². The van der Waals surface area contributed by atoms with Crippen LogP contribution in [0.15, 0.2) is 24.3 Å². The van der Waals surface area contributed by atoms with Crippen molar-refractivity contribution in [2.75, 3.05) is 20.3 Å². The largest absolute Gasteiger partial charge is 0.383 e. The number of aryl methyl sites for hydroxylation is 1. The fourth-order valence-corrected chi connectivity index (χ4v) is 4.80. The lowest BCUT2D eigenvalue weighted by molar-refractivity contribution is -0.130. The van der Waals surface area contributed by atoms with Crippen LogP contribution in [0.3, 0.4) is 0 Å². The van der Waals surface area contributed by atoms with E-state index < -0.39 is 17.5 Å². The first kappa shape index (κ1) is 23.3. The van der Waals surface area contributed by atoms with Gasteiger partial charge in [0, 0.05) is 39.7 Å². The Bertz CT molecular complexity index is 1070. The molecule has 0 aliphatic carbocycles. The van der Waals surface area contributed by atoms with Gasteiger partial charge in [0.15, 0.2) is 5.78 Å². The molecule has 3 amide bonds. The summed E-state index contributed by atoms with van der Waals surface area (Å²) >= 11 is 12.2. The lowest BCUT2D eigenvalue weighted by atomic mass is 9.92. The Labute approximate surface area is 191 Å². The van der Waals surface area contributed by atoms with Crippen LogP contribution in [0, 0.1) is 13.8 Å². The van der Waals surface area contributed by atoms with Gasteiger partial charge in [-0.3, -0.25) is 14.5 Å². The molecule has 31 heavy (non-hydrogen) atoms. The third-order valence-corrected chi connectivity index (χ3v) is 6.23. The predicted molar refractivity (Wildman–Crippen MR) is 119 cm³/mol. The molecule has 1 aromatic carbocycles. The Morgan fingerprint density at radius 1 is 1.23 bits per heavy atom. The molecule has 1 N–H and O–H groups in total. The van der Waals surface area contributed by atoms with Crippen LogP contribution in [0.5, 0.6) is 0 Å². The third kappa shape index (κ3) is 4.10. The first-order valence-electron chi connectivity index (χ1n) is 9.81. The van der Waals surface area contributed by atoms with Crippen LogP contribution in [0.25, 0.3) is 0 Å². The van der Waals surface area contributed by atoms with Crippen LogP contribution in [-0.2, 0) is 15.1 Å². The van der Waals surface area contributed by atoms with Gasteiger partial charge in [0.1, 0.15) is 5.54 Å². The first-order valence-corrected chi connectivity index (χ1v) is 10.6. The minimum Gasteiger partial charge on any atom is -0.383 e. The van der Waals surface area contributed by atoms with E-state index in [4.69, 9.17) is 27.9 Å². The number of carbonyl (C=O) groups is 3. The fraction of sp³-hybridized carbons (Fsp3) is 0.409. The smallest absolute Gasteiger partial charge is 0.325 e. The Hall–Kier alpha value is -2.35. The van der Waals surface area contributed by atoms with E-state index in [1.165, 1.54) is 6.07 Å². The highest BCUT2D eigenvalue weighted by Crippen LogP contribution is 2.35. The van der Waals surface area contributed by atoms with E-state index in [1.807, 2.05) is 25.3 Å². The number of imide groups is 1. The fourth-order valence-electron chi connectivity index (χ4n) is 4.20. The second-order valence-electron chi connectivity index (χ2n) is 7.95. The number of amides is 3. The van der Waals surface area contributed by atoms with Crippen molar-refractivity contribution >= 4 is 40.9 Å². The molecule has 1 aliphatic heterocycles. The van der Waals surface area contributed by atoms with Crippen molar-refractivity contribution < 1.29 is 19.1 Å². The van der Waals surface area contributed by atoms with Gasteiger partial charge in [-0.2, -0.15) is 0 Å². The van der Waals surface area contributed by atoms with E-state index in [9.17, 15) is 14.4 Å². The van der Waals surface area contributed by atoms with Gasteiger partial charge in [-0.05, 0) is 45.9 Å². The maximum absolute atomic E-state index is 13.2. The summed E-state index contributed by atoms with van der Waals surface area (Å²) in [5, 5.41) is 3.34. The number of carbonyl (C=O) groups excluding carboxylic acids is 3. The molecule has 0 spiro atoms. The van der Waals surface area contributed by atoms with Crippen LogP contribution in [0.1, 0.15) is 47.2 Å². The third-order valence-electron chi connectivity index (χ3n) is 5.68. The number of aromatic nitrogens is 1. The zero-order valence-corrected chi connectivity index (χ0v) is 19.6. The van der Waals surface area contributed by atoms with Gasteiger partial charge < -0.3 is 14.6 Å². The molecule has 2 heterocycles. The highest BCUT2D eigenvalue weighted by molar-refractivity contribution is 6.35. The highest BCUT2D eigenvalue weighted by atomic mass is 35.5. The number of ether oxygens (including phenoxy) is 1. The standard InChI is InChI=1S/C22H25Cl2N3O4/c1-12-8-16(14(3)27(12)13(2)11-31-5)19(28)10-26-20(29)22(4,25-21(26)30)17-7-6-15(23)9-18(17)24/h6-9,13H,10-11H2,1-5H3,(H,25,30). The average molecular weight is 466 g/mol.